The van der Waals surface area contributed by atoms with E-state index in [1.54, 1.807) is 0 Å². The molecule has 2 aromatic rings. The van der Waals surface area contributed by atoms with E-state index < -0.39 is 0 Å². The number of hydrogen-bond donors (Lipinski definition) is 2. The highest BCUT2D eigenvalue weighted by atomic mass is 16.2. The van der Waals surface area contributed by atoms with Crippen molar-refractivity contribution in [2.24, 2.45) is 0 Å². The summed E-state index contributed by atoms with van der Waals surface area (Å²) in [6.45, 7) is 4.16. The zero-order chi connectivity index (χ0) is 18.5. The molecule has 4 rings (SSSR count). The number of nitrogens with one attached hydrogen (secondary N) is 2. The number of aromatic nitrogens is 4. The van der Waals surface area contributed by atoms with Crippen LogP contribution in [0.2, 0.25) is 0 Å². The normalized spacial score (nSPS) is 20.3. The largest absolute Gasteiger partial charge is 0.338 e. The fourth-order valence-corrected chi connectivity index (χ4v) is 4.12. The number of tetrazole rings is 1. The van der Waals surface area contributed by atoms with E-state index in [1.807, 2.05) is 4.90 Å². The number of urea groups is 1. The van der Waals surface area contributed by atoms with Crippen LogP contribution in [-0.4, -0.2) is 75.2 Å². The Balaban J connectivity index is 1.18. The van der Waals surface area contributed by atoms with Crippen LogP contribution in [0.1, 0.15) is 29.8 Å². The predicted molar refractivity (Wildman–Crippen MR) is 101 cm³/mol. The van der Waals surface area contributed by atoms with E-state index in [9.17, 15) is 4.79 Å². The number of piperazine rings is 1. The van der Waals surface area contributed by atoms with Crippen LogP contribution >= 0.6 is 0 Å². The fraction of sp³-hybridized carbons (Fsp3) is 0.579. The van der Waals surface area contributed by atoms with Gasteiger partial charge in [0.2, 0.25) is 0 Å². The molecule has 1 aromatic carbocycles. The first kappa shape index (κ1) is 17.9. The first-order valence-corrected chi connectivity index (χ1v) is 9.85. The number of hydrogen-bond acceptors (Lipinski definition) is 5. The minimum absolute atomic E-state index is 0.0387. The maximum atomic E-state index is 12.4. The molecule has 1 atom stereocenters. The van der Waals surface area contributed by atoms with Crippen LogP contribution < -0.4 is 5.32 Å². The van der Waals surface area contributed by atoms with Crippen LogP contribution in [-0.2, 0) is 19.3 Å². The number of rotatable bonds is 5. The van der Waals surface area contributed by atoms with Crippen molar-refractivity contribution in [1.82, 2.24) is 35.7 Å². The molecular weight excluding hydrogens is 342 g/mol. The molecule has 2 amide bonds. The van der Waals surface area contributed by atoms with E-state index in [0.29, 0.717) is 24.8 Å². The average molecular weight is 369 g/mol. The van der Waals surface area contributed by atoms with Crippen molar-refractivity contribution >= 4 is 6.03 Å². The molecule has 27 heavy (non-hydrogen) atoms. The van der Waals surface area contributed by atoms with Crippen LogP contribution in [0.5, 0.6) is 0 Å². The lowest BCUT2D eigenvalue weighted by Gasteiger charge is -2.41. The Morgan fingerprint density at radius 1 is 1.19 bits per heavy atom. The summed E-state index contributed by atoms with van der Waals surface area (Å²) in [6.07, 6.45) is 5.06. The van der Waals surface area contributed by atoms with Gasteiger partial charge in [-0.1, -0.05) is 29.5 Å². The third-order valence-electron chi connectivity index (χ3n) is 5.68. The highest BCUT2D eigenvalue weighted by Crippen LogP contribution is 2.25. The molecule has 0 saturated carbocycles. The summed E-state index contributed by atoms with van der Waals surface area (Å²) in [7, 11) is 0. The monoisotopic (exact) mass is 369 g/mol. The summed E-state index contributed by atoms with van der Waals surface area (Å²) >= 11 is 0. The molecule has 2 heterocycles. The Labute approximate surface area is 159 Å². The number of aromatic amines is 1. The standard InChI is InChI=1S/C19H27N7O/c27-19(20-9-3-6-18-21-23-24-22-18)26-12-10-25(11-13-26)17-8-7-15-4-1-2-5-16(15)14-17/h1-2,4-5,17H,3,6-14H2,(H,20,27)(H,21,22,23,24)/t17-/m1/s1. The summed E-state index contributed by atoms with van der Waals surface area (Å²) in [5, 5.41) is 16.8. The molecular formula is C19H27N7O. The highest BCUT2D eigenvalue weighted by molar-refractivity contribution is 5.74. The van der Waals surface area contributed by atoms with Crippen LogP contribution in [0.25, 0.3) is 0 Å². The van der Waals surface area contributed by atoms with E-state index in [0.717, 1.165) is 39.0 Å². The predicted octanol–water partition coefficient (Wildman–Crippen LogP) is 1.02. The van der Waals surface area contributed by atoms with Crippen molar-refractivity contribution in [2.45, 2.75) is 38.1 Å². The Morgan fingerprint density at radius 3 is 2.78 bits per heavy atom. The Bertz CT molecular complexity index is 740. The molecule has 1 aliphatic carbocycles. The average Bonchev–Trinajstić information content (AvgIpc) is 3.24. The van der Waals surface area contributed by atoms with Gasteiger partial charge in [-0.05, 0) is 36.8 Å². The topological polar surface area (TPSA) is 90.0 Å². The summed E-state index contributed by atoms with van der Waals surface area (Å²) < 4.78 is 0. The number of aryl methyl sites for hydroxylation is 2. The molecule has 2 N–H and O–H groups in total. The van der Waals surface area contributed by atoms with Gasteiger partial charge in [-0.25, -0.2) is 4.79 Å². The Kier molecular flexibility index (Phi) is 5.62. The van der Waals surface area contributed by atoms with E-state index in [4.69, 9.17) is 0 Å². The Hall–Kier alpha value is -2.48. The van der Waals surface area contributed by atoms with Crippen molar-refractivity contribution < 1.29 is 4.79 Å². The maximum absolute atomic E-state index is 12.4. The minimum Gasteiger partial charge on any atom is -0.338 e. The maximum Gasteiger partial charge on any atom is 0.317 e. The summed E-state index contributed by atoms with van der Waals surface area (Å²) in [6, 6.07) is 9.45. The molecule has 0 spiro atoms. The summed E-state index contributed by atoms with van der Waals surface area (Å²) in [4.78, 5) is 16.9. The summed E-state index contributed by atoms with van der Waals surface area (Å²) in [5.74, 6) is 0.687. The number of carbonyl (C=O) groups is 1. The van der Waals surface area contributed by atoms with Crippen LogP contribution in [0, 0.1) is 0 Å². The van der Waals surface area contributed by atoms with Gasteiger partial charge in [0.05, 0.1) is 0 Å². The van der Waals surface area contributed by atoms with Gasteiger partial charge in [0.15, 0.2) is 5.82 Å². The summed E-state index contributed by atoms with van der Waals surface area (Å²) in [5.41, 5.74) is 3.00. The smallest absolute Gasteiger partial charge is 0.317 e. The van der Waals surface area contributed by atoms with Gasteiger partial charge >= 0.3 is 6.03 Å². The third-order valence-corrected chi connectivity index (χ3v) is 5.68. The SMILES string of the molecule is O=C(NCCCc1nn[nH]n1)N1CCN([C@@H]2CCc3ccccc3C2)CC1. The molecule has 0 unspecified atom stereocenters. The second kappa shape index (κ2) is 8.47. The number of benzene rings is 1. The van der Waals surface area contributed by atoms with Crippen molar-refractivity contribution in [1.29, 1.82) is 0 Å². The van der Waals surface area contributed by atoms with Crippen LogP contribution in [0.3, 0.4) is 0 Å². The molecule has 1 aliphatic heterocycles. The van der Waals surface area contributed by atoms with Gasteiger partial charge in [0.25, 0.3) is 0 Å². The second-order valence-corrected chi connectivity index (χ2v) is 7.35. The first-order valence-electron chi connectivity index (χ1n) is 9.85. The van der Waals surface area contributed by atoms with Crippen LogP contribution in [0.15, 0.2) is 24.3 Å². The molecule has 8 nitrogen and oxygen atoms in total. The van der Waals surface area contributed by atoms with Crippen LogP contribution in [0.4, 0.5) is 4.79 Å². The molecule has 8 heteroatoms. The second-order valence-electron chi connectivity index (χ2n) is 7.35. The van der Waals surface area contributed by atoms with Gasteiger partial charge < -0.3 is 10.2 Å². The van der Waals surface area contributed by atoms with E-state index in [2.05, 4.69) is 55.1 Å². The zero-order valence-corrected chi connectivity index (χ0v) is 15.6. The number of H-pyrrole nitrogens is 1. The van der Waals surface area contributed by atoms with Crippen molar-refractivity contribution in [3.8, 4) is 0 Å². The molecule has 1 saturated heterocycles. The minimum atomic E-state index is 0.0387. The van der Waals surface area contributed by atoms with Crippen molar-refractivity contribution in [3.63, 3.8) is 0 Å². The van der Waals surface area contributed by atoms with Crippen molar-refractivity contribution in [3.05, 3.63) is 41.2 Å². The number of nitrogens with zero attached hydrogens (tertiary/aromatic N) is 5. The highest BCUT2D eigenvalue weighted by Gasteiger charge is 2.28. The van der Waals surface area contributed by atoms with Gasteiger partial charge in [0.1, 0.15) is 0 Å². The quantitative estimate of drug-likeness (QED) is 0.768. The van der Waals surface area contributed by atoms with E-state index >= 15 is 0 Å². The van der Waals surface area contributed by atoms with Gasteiger partial charge in [-0.3, -0.25) is 4.90 Å². The molecule has 144 valence electrons. The molecule has 0 bridgehead atoms. The number of amides is 2. The third kappa shape index (κ3) is 4.44. The lowest BCUT2D eigenvalue weighted by molar-refractivity contribution is 0.101. The lowest BCUT2D eigenvalue weighted by Crippen LogP contribution is -2.55. The fourth-order valence-electron chi connectivity index (χ4n) is 4.12. The molecule has 0 radical (unpaired) electrons. The van der Waals surface area contributed by atoms with Gasteiger partial charge in [0, 0.05) is 45.2 Å². The molecule has 2 aliphatic rings. The number of carbonyl (C=O) groups excluding carboxylic acids is 1. The first-order chi connectivity index (χ1) is 13.3. The van der Waals surface area contributed by atoms with Gasteiger partial charge in [-0.15, -0.1) is 10.2 Å². The molecule has 1 fully saturated rings. The van der Waals surface area contributed by atoms with Gasteiger partial charge in [-0.2, -0.15) is 5.21 Å². The van der Waals surface area contributed by atoms with E-state index in [-0.39, 0.29) is 6.03 Å². The van der Waals surface area contributed by atoms with E-state index in [1.165, 1.54) is 24.0 Å². The Morgan fingerprint density at radius 2 is 2.00 bits per heavy atom. The zero-order valence-electron chi connectivity index (χ0n) is 15.6. The van der Waals surface area contributed by atoms with Crippen molar-refractivity contribution in [2.75, 3.05) is 32.7 Å². The number of fused-ring (bicyclic) bond motifs is 1. The lowest BCUT2D eigenvalue weighted by atomic mass is 9.87. The molecule has 1 aromatic heterocycles.